The van der Waals surface area contributed by atoms with Gasteiger partial charge in [-0.1, -0.05) is 25.3 Å². The summed E-state index contributed by atoms with van der Waals surface area (Å²) < 4.78 is 0. The van der Waals surface area contributed by atoms with Gasteiger partial charge in [-0.05, 0) is 24.5 Å². The summed E-state index contributed by atoms with van der Waals surface area (Å²) >= 11 is 0. The molecule has 1 aromatic rings. The molecule has 3 N–H and O–H groups in total. The van der Waals surface area contributed by atoms with Crippen LogP contribution in [0, 0.1) is 0 Å². The fraction of sp³-hybridized carbons (Fsp3) is 0.571. The number of hydrogen-bond donors (Lipinski definition) is 2. The van der Waals surface area contributed by atoms with E-state index >= 15 is 0 Å². The van der Waals surface area contributed by atoms with E-state index in [1.807, 2.05) is 24.2 Å². The highest BCUT2D eigenvalue weighted by atomic mass is 15.4. The van der Waals surface area contributed by atoms with Gasteiger partial charge in [-0.2, -0.15) is 0 Å². The number of nitrogens with one attached hydrogen (secondary N) is 1. The van der Waals surface area contributed by atoms with Crippen molar-refractivity contribution in [3.8, 4) is 0 Å². The molecule has 0 amide bonds. The van der Waals surface area contributed by atoms with Gasteiger partial charge in [-0.3, -0.25) is 10.4 Å². The lowest BCUT2D eigenvalue weighted by Gasteiger charge is -2.24. The third-order valence-electron chi connectivity index (χ3n) is 3.51. The van der Waals surface area contributed by atoms with Gasteiger partial charge in [-0.25, -0.2) is 10.8 Å². The number of pyridine rings is 1. The summed E-state index contributed by atoms with van der Waals surface area (Å²) in [6, 6.07) is 4.41. The van der Waals surface area contributed by atoms with E-state index in [4.69, 9.17) is 10.8 Å². The summed E-state index contributed by atoms with van der Waals surface area (Å²) in [6.07, 6.45) is 9.88. The molecule has 104 valence electrons. The van der Waals surface area contributed by atoms with Crippen LogP contribution in [0.1, 0.15) is 37.7 Å². The minimum atomic E-state index is 0.413. The summed E-state index contributed by atoms with van der Waals surface area (Å²) in [6.45, 7) is 0.754. The Hall–Kier alpha value is -1.62. The van der Waals surface area contributed by atoms with Gasteiger partial charge >= 0.3 is 0 Å². The highest BCUT2D eigenvalue weighted by molar-refractivity contribution is 5.79. The van der Waals surface area contributed by atoms with Crippen molar-refractivity contribution < 1.29 is 0 Å². The number of hydrogen-bond acceptors (Lipinski definition) is 3. The van der Waals surface area contributed by atoms with Gasteiger partial charge in [0.1, 0.15) is 0 Å². The highest BCUT2D eigenvalue weighted by Gasteiger charge is 2.14. The predicted octanol–water partition coefficient (Wildman–Crippen LogP) is 1.67. The van der Waals surface area contributed by atoms with Crippen molar-refractivity contribution in [2.75, 3.05) is 7.05 Å². The molecule has 0 radical (unpaired) electrons. The predicted molar refractivity (Wildman–Crippen MR) is 77.3 cm³/mol. The second-order valence-corrected chi connectivity index (χ2v) is 5.11. The largest absolute Gasteiger partial charge is 0.341 e. The summed E-state index contributed by atoms with van der Waals surface area (Å²) in [5, 5.41) is 0. The van der Waals surface area contributed by atoms with E-state index in [1.165, 1.54) is 32.1 Å². The molecule has 1 fully saturated rings. The summed E-state index contributed by atoms with van der Waals surface area (Å²) in [7, 11) is 1.99. The number of guanidine groups is 1. The Labute approximate surface area is 114 Å². The Morgan fingerprint density at radius 2 is 2.26 bits per heavy atom. The van der Waals surface area contributed by atoms with E-state index < -0.39 is 0 Å². The Kier molecular flexibility index (Phi) is 5.15. The van der Waals surface area contributed by atoms with Crippen LogP contribution >= 0.6 is 0 Å². The van der Waals surface area contributed by atoms with Gasteiger partial charge in [0.25, 0.3) is 0 Å². The zero-order valence-corrected chi connectivity index (χ0v) is 11.5. The van der Waals surface area contributed by atoms with Crippen molar-refractivity contribution in [1.82, 2.24) is 15.3 Å². The fourth-order valence-electron chi connectivity index (χ4n) is 2.47. The quantitative estimate of drug-likeness (QED) is 0.376. The maximum atomic E-state index is 5.61. The number of aromatic nitrogens is 1. The molecule has 5 heteroatoms. The highest BCUT2D eigenvalue weighted by Crippen LogP contribution is 2.20. The molecule has 0 bridgehead atoms. The minimum Gasteiger partial charge on any atom is -0.341 e. The molecule has 0 atom stereocenters. The number of aliphatic imine (C=N–C) groups is 1. The van der Waals surface area contributed by atoms with Crippen LogP contribution in [0.3, 0.4) is 0 Å². The first-order chi connectivity index (χ1) is 9.29. The van der Waals surface area contributed by atoms with Gasteiger partial charge in [0.15, 0.2) is 0 Å². The van der Waals surface area contributed by atoms with Crippen LogP contribution < -0.4 is 11.3 Å². The topological polar surface area (TPSA) is 66.5 Å². The van der Waals surface area contributed by atoms with Crippen LogP contribution in [0.5, 0.6) is 0 Å². The van der Waals surface area contributed by atoms with Crippen molar-refractivity contribution in [2.24, 2.45) is 10.8 Å². The maximum Gasteiger partial charge on any atom is 0.208 e. The Morgan fingerprint density at radius 1 is 1.47 bits per heavy atom. The van der Waals surface area contributed by atoms with Crippen molar-refractivity contribution in [2.45, 2.75) is 44.7 Å². The van der Waals surface area contributed by atoms with Crippen LogP contribution in [0.4, 0.5) is 0 Å². The van der Waals surface area contributed by atoms with Crippen LogP contribution in [0.25, 0.3) is 0 Å². The molecule has 1 aliphatic rings. The molecule has 1 saturated carbocycles. The third kappa shape index (κ3) is 4.21. The van der Waals surface area contributed by atoms with Crippen molar-refractivity contribution in [1.29, 1.82) is 0 Å². The molecule has 19 heavy (non-hydrogen) atoms. The third-order valence-corrected chi connectivity index (χ3v) is 3.51. The molecule has 0 spiro atoms. The van der Waals surface area contributed by atoms with Crippen molar-refractivity contribution >= 4 is 5.96 Å². The van der Waals surface area contributed by atoms with Gasteiger partial charge in [-0.15, -0.1) is 0 Å². The lowest BCUT2D eigenvalue weighted by Crippen LogP contribution is -2.43. The smallest absolute Gasteiger partial charge is 0.208 e. The van der Waals surface area contributed by atoms with Crippen LogP contribution in [-0.4, -0.2) is 28.9 Å². The van der Waals surface area contributed by atoms with Crippen LogP contribution in [0.15, 0.2) is 29.5 Å². The molecule has 1 aromatic heterocycles. The molecule has 0 aromatic carbocycles. The number of nitrogens with two attached hydrogens (primary N) is 1. The molecule has 0 saturated heterocycles. The normalized spacial score (nSPS) is 17.3. The van der Waals surface area contributed by atoms with Gasteiger partial charge in [0, 0.05) is 26.0 Å². The molecule has 1 aliphatic carbocycles. The standard InChI is InChI=1S/C14H23N5/c1-19(11-12-6-5-9-16-10-12)14(18-15)17-13-7-3-2-4-8-13/h5-6,9-10,13H,2-4,7-8,11,15H2,1H3,(H,17,18). The second kappa shape index (κ2) is 7.09. The Balaban J connectivity index is 1.97. The van der Waals surface area contributed by atoms with E-state index in [2.05, 4.69) is 16.5 Å². The molecule has 0 unspecified atom stereocenters. The molecular weight excluding hydrogens is 238 g/mol. The number of rotatable bonds is 3. The first-order valence-corrected chi connectivity index (χ1v) is 6.94. The maximum absolute atomic E-state index is 5.61. The van der Waals surface area contributed by atoms with Gasteiger partial charge < -0.3 is 4.90 Å². The van der Waals surface area contributed by atoms with E-state index in [9.17, 15) is 0 Å². The molecule has 1 heterocycles. The summed E-state index contributed by atoms with van der Waals surface area (Å²) in [4.78, 5) is 10.9. The van der Waals surface area contributed by atoms with E-state index in [0.29, 0.717) is 6.04 Å². The van der Waals surface area contributed by atoms with Gasteiger partial charge in [0.05, 0.1) is 6.04 Å². The monoisotopic (exact) mass is 261 g/mol. The zero-order valence-electron chi connectivity index (χ0n) is 11.5. The fourth-order valence-corrected chi connectivity index (χ4v) is 2.47. The number of hydrazine groups is 1. The first-order valence-electron chi connectivity index (χ1n) is 6.94. The second-order valence-electron chi connectivity index (χ2n) is 5.11. The lowest BCUT2D eigenvalue weighted by atomic mass is 9.96. The molecule has 5 nitrogen and oxygen atoms in total. The summed E-state index contributed by atoms with van der Waals surface area (Å²) in [5.74, 6) is 6.37. The lowest BCUT2D eigenvalue weighted by molar-refractivity contribution is 0.423. The van der Waals surface area contributed by atoms with Crippen molar-refractivity contribution in [3.63, 3.8) is 0 Å². The molecular formula is C14H23N5. The zero-order chi connectivity index (χ0) is 13.5. The molecule has 2 rings (SSSR count). The summed E-state index contributed by atoms with van der Waals surface area (Å²) in [5.41, 5.74) is 3.87. The minimum absolute atomic E-state index is 0.413. The SMILES string of the molecule is CN(Cc1cccnc1)C(=NC1CCCCC1)NN. The first kappa shape index (κ1) is 13.8. The average molecular weight is 261 g/mol. The number of nitrogens with zero attached hydrogens (tertiary/aromatic N) is 3. The van der Waals surface area contributed by atoms with Crippen LogP contribution in [0.2, 0.25) is 0 Å². The average Bonchev–Trinajstić information content (AvgIpc) is 2.47. The van der Waals surface area contributed by atoms with E-state index in [1.54, 1.807) is 6.20 Å². The van der Waals surface area contributed by atoms with Gasteiger partial charge in [0.2, 0.25) is 5.96 Å². The Bertz CT molecular complexity index is 398. The van der Waals surface area contributed by atoms with Crippen LogP contribution in [-0.2, 0) is 6.54 Å². The van der Waals surface area contributed by atoms with Crippen molar-refractivity contribution in [3.05, 3.63) is 30.1 Å². The molecule has 0 aliphatic heterocycles. The Morgan fingerprint density at radius 3 is 2.89 bits per heavy atom. The van der Waals surface area contributed by atoms with E-state index in [0.717, 1.165) is 18.1 Å². The van der Waals surface area contributed by atoms with E-state index in [-0.39, 0.29) is 0 Å².